The van der Waals surface area contributed by atoms with Crippen molar-refractivity contribution in [2.75, 3.05) is 20.2 Å². The Balaban J connectivity index is 1.46. The second kappa shape index (κ2) is 8.26. The molecule has 1 aliphatic heterocycles. The number of nitrogens with zero attached hydrogens (tertiary/aromatic N) is 4. The molecule has 148 valence electrons. The maximum absolute atomic E-state index is 13.1. The monoisotopic (exact) mass is 390 g/mol. The van der Waals surface area contributed by atoms with Crippen LogP contribution in [0.15, 0.2) is 61.2 Å². The molecule has 3 aromatic rings. The van der Waals surface area contributed by atoms with Crippen molar-refractivity contribution in [3.8, 4) is 5.69 Å². The number of hydrogen-bond acceptors (Lipinski definition) is 5. The number of aromatic nitrogens is 3. The first-order valence-electron chi connectivity index (χ1n) is 9.56. The molecule has 29 heavy (non-hydrogen) atoms. The summed E-state index contributed by atoms with van der Waals surface area (Å²) in [5.74, 6) is 0.0204. The molecule has 1 aromatic heterocycles. The fourth-order valence-corrected chi connectivity index (χ4v) is 3.82. The first-order valence-corrected chi connectivity index (χ1v) is 9.56. The van der Waals surface area contributed by atoms with E-state index in [0.29, 0.717) is 30.1 Å². The zero-order valence-corrected chi connectivity index (χ0v) is 16.2. The molecule has 4 rings (SSSR count). The van der Waals surface area contributed by atoms with Crippen molar-refractivity contribution in [2.45, 2.75) is 12.8 Å². The van der Waals surface area contributed by atoms with Gasteiger partial charge in [-0.15, -0.1) is 0 Å². The standard InChI is InChI=1S/C22H22N4O3/c1-29-22(28)18-6-4-5-16(12-18)11-17-9-10-25(13-17)21(27)19-7-2-3-8-20(19)26-15-23-14-24-26/h2-8,12,14-15,17H,9-11,13H2,1H3. The van der Waals surface area contributed by atoms with Gasteiger partial charge in [-0.2, -0.15) is 5.10 Å². The van der Waals surface area contributed by atoms with Gasteiger partial charge in [-0.1, -0.05) is 24.3 Å². The summed E-state index contributed by atoms with van der Waals surface area (Å²) in [6, 6.07) is 14.9. The van der Waals surface area contributed by atoms with Gasteiger partial charge in [0.1, 0.15) is 12.7 Å². The first-order chi connectivity index (χ1) is 14.2. The Morgan fingerprint density at radius 2 is 2.03 bits per heavy atom. The number of amides is 1. The first kappa shape index (κ1) is 18.9. The predicted octanol–water partition coefficient (Wildman–Crippen LogP) is 2.76. The zero-order valence-electron chi connectivity index (χ0n) is 16.2. The van der Waals surface area contributed by atoms with Crippen molar-refractivity contribution in [2.24, 2.45) is 5.92 Å². The fraction of sp³-hybridized carbons (Fsp3) is 0.273. The van der Waals surface area contributed by atoms with E-state index >= 15 is 0 Å². The van der Waals surface area contributed by atoms with Crippen molar-refractivity contribution < 1.29 is 14.3 Å². The van der Waals surface area contributed by atoms with Crippen LogP contribution in [0.4, 0.5) is 0 Å². The van der Waals surface area contributed by atoms with Gasteiger partial charge in [0.2, 0.25) is 0 Å². The van der Waals surface area contributed by atoms with Crippen LogP contribution >= 0.6 is 0 Å². The summed E-state index contributed by atoms with van der Waals surface area (Å²) in [6.07, 6.45) is 4.79. The molecule has 1 aliphatic rings. The molecule has 1 unspecified atom stereocenters. The van der Waals surface area contributed by atoms with Gasteiger partial charge in [-0.25, -0.2) is 14.5 Å². The Labute approximate surface area is 168 Å². The molecule has 7 nitrogen and oxygen atoms in total. The van der Waals surface area contributed by atoms with Gasteiger partial charge in [0.05, 0.1) is 23.9 Å². The Bertz CT molecular complexity index is 1020. The van der Waals surface area contributed by atoms with Gasteiger partial charge >= 0.3 is 5.97 Å². The van der Waals surface area contributed by atoms with Gasteiger partial charge in [-0.3, -0.25) is 4.79 Å². The van der Waals surface area contributed by atoms with Crippen LogP contribution in [-0.2, 0) is 11.2 Å². The second-order valence-corrected chi connectivity index (χ2v) is 7.16. The molecular formula is C22H22N4O3. The lowest BCUT2D eigenvalue weighted by molar-refractivity contribution is 0.0600. The lowest BCUT2D eigenvalue weighted by atomic mass is 9.97. The molecule has 1 saturated heterocycles. The van der Waals surface area contributed by atoms with E-state index in [-0.39, 0.29) is 11.9 Å². The Kier molecular flexibility index (Phi) is 5.37. The highest BCUT2D eigenvalue weighted by Crippen LogP contribution is 2.25. The molecule has 7 heteroatoms. The Hall–Kier alpha value is -3.48. The van der Waals surface area contributed by atoms with Crippen molar-refractivity contribution in [1.29, 1.82) is 0 Å². The summed E-state index contributed by atoms with van der Waals surface area (Å²) in [6.45, 7) is 1.40. The third kappa shape index (κ3) is 4.03. The van der Waals surface area contributed by atoms with Gasteiger partial charge in [0.15, 0.2) is 0 Å². The van der Waals surface area contributed by atoms with Crippen LogP contribution in [0.5, 0.6) is 0 Å². The van der Waals surface area contributed by atoms with E-state index in [0.717, 1.165) is 24.1 Å². The molecule has 0 N–H and O–H groups in total. The average molecular weight is 390 g/mol. The lowest BCUT2D eigenvalue weighted by Crippen LogP contribution is -2.30. The van der Waals surface area contributed by atoms with E-state index in [9.17, 15) is 9.59 Å². The minimum absolute atomic E-state index is 0.00177. The highest BCUT2D eigenvalue weighted by molar-refractivity contribution is 5.98. The normalized spacial score (nSPS) is 16.0. The topological polar surface area (TPSA) is 77.3 Å². The quantitative estimate of drug-likeness (QED) is 0.626. The highest BCUT2D eigenvalue weighted by atomic mass is 16.5. The largest absolute Gasteiger partial charge is 0.465 e. The lowest BCUT2D eigenvalue weighted by Gasteiger charge is -2.18. The van der Waals surface area contributed by atoms with Gasteiger partial charge < -0.3 is 9.64 Å². The van der Waals surface area contributed by atoms with Crippen LogP contribution in [-0.4, -0.2) is 51.7 Å². The molecule has 0 radical (unpaired) electrons. The van der Waals surface area contributed by atoms with Crippen molar-refractivity contribution in [3.63, 3.8) is 0 Å². The van der Waals surface area contributed by atoms with E-state index in [1.807, 2.05) is 47.4 Å². The summed E-state index contributed by atoms with van der Waals surface area (Å²) in [7, 11) is 1.38. The van der Waals surface area contributed by atoms with Crippen LogP contribution in [0.3, 0.4) is 0 Å². The van der Waals surface area contributed by atoms with E-state index in [2.05, 4.69) is 10.1 Å². The molecule has 2 aromatic carbocycles. The number of methoxy groups -OCH3 is 1. The van der Waals surface area contributed by atoms with Crippen LogP contribution < -0.4 is 0 Å². The van der Waals surface area contributed by atoms with Crippen LogP contribution in [0.1, 0.15) is 32.7 Å². The molecular weight excluding hydrogens is 368 g/mol. The van der Waals surface area contributed by atoms with Gasteiger partial charge in [-0.05, 0) is 48.6 Å². The molecule has 0 aliphatic carbocycles. The average Bonchev–Trinajstić information content (AvgIpc) is 3.45. The van der Waals surface area contributed by atoms with Crippen molar-refractivity contribution in [1.82, 2.24) is 19.7 Å². The van der Waals surface area contributed by atoms with E-state index in [1.54, 1.807) is 17.1 Å². The van der Waals surface area contributed by atoms with Crippen LogP contribution in [0, 0.1) is 5.92 Å². The Morgan fingerprint density at radius 3 is 2.83 bits per heavy atom. The number of hydrogen-bond donors (Lipinski definition) is 0. The molecule has 0 bridgehead atoms. The number of benzene rings is 2. The third-order valence-electron chi connectivity index (χ3n) is 5.25. The minimum atomic E-state index is -0.334. The summed E-state index contributed by atoms with van der Waals surface area (Å²) >= 11 is 0. The summed E-state index contributed by atoms with van der Waals surface area (Å²) in [4.78, 5) is 30.8. The molecule has 1 atom stereocenters. The highest BCUT2D eigenvalue weighted by Gasteiger charge is 2.28. The summed E-state index contributed by atoms with van der Waals surface area (Å²) in [5, 5.41) is 4.15. The number of esters is 1. The van der Waals surface area contributed by atoms with Crippen LogP contribution in [0.25, 0.3) is 5.69 Å². The molecule has 1 fully saturated rings. The van der Waals surface area contributed by atoms with Crippen molar-refractivity contribution >= 4 is 11.9 Å². The zero-order chi connectivity index (χ0) is 20.2. The number of rotatable bonds is 5. The smallest absolute Gasteiger partial charge is 0.337 e. The predicted molar refractivity (Wildman–Crippen MR) is 107 cm³/mol. The van der Waals surface area contributed by atoms with E-state index in [1.165, 1.54) is 13.4 Å². The van der Waals surface area contributed by atoms with E-state index in [4.69, 9.17) is 4.74 Å². The summed E-state index contributed by atoms with van der Waals surface area (Å²) < 4.78 is 6.41. The van der Waals surface area contributed by atoms with Crippen LogP contribution in [0.2, 0.25) is 0 Å². The Morgan fingerprint density at radius 1 is 1.17 bits per heavy atom. The maximum atomic E-state index is 13.1. The molecule has 0 saturated carbocycles. The van der Waals surface area contributed by atoms with Gasteiger partial charge in [0, 0.05) is 13.1 Å². The SMILES string of the molecule is COC(=O)c1cccc(CC2CCN(C(=O)c3ccccc3-n3cncn3)C2)c1. The maximum Gasteiger partial charge on any atom is 0.337 e. The number of ether oxygens (including phenoxy) is 1. The second-order valence-electron chi connectivity index (χ2n) is 7.16. The van der Waals surface area contributed by atoms with E-state index < -0.39 is 0 Å². The molecule has 1 amide bonds. The fourth-order valence-electron chi connectivity index (χ4n) is 3.82. The third-order valence-corrected chi connectivity index (χ3v) is 5.25. The number of carbonyl (C=O) groups is 2. The molecule has 2 heterocycles. The number of carbonyl (C=O) groups excluding carboxylic acids is 2. The van der Waals surface area contributed by atoms with Crippen molar-refractivity contribution in [3.05, 3.63) is 77.9 Å². The van der Waals surface area contributed by atoms with Gasteiger partial charge in [0.25, 0.3) is 5.91 Å². The minimum Gasteiger partial charge on any atom is -0.465 e. The number of para-hydroxylation sites is 1. The molecule has 0 spiro atoms. The number of likely N-dealkylation sites (tertiary alicyclic amines) is 1. The summed E-state index contributed by atoms with van der Waals surface area (Å²) in [5.41, 5.74) is 2.98.